The lowest BCUT2D eigenvalue weighted by atomic mass is 10.1. The van der Waals surface area contributed by atoms with E-state index in [1.807, 2.05) is 18.2 Å². The van der Waals surface area contributed by atoms with Crippen LogP contribution in [0.25, 0.3) is 0 Å². The Morgan fingerprint density at radius 1 is 0.941 bits per heavy atom. The van der Waals surface area contributed by atoms with Crippen molar-refractivity contribution >= 4 is 39.2 Å². The second-order valence-electron chi connectivity index (χ2n) is 8.09. The summed E-state index contributed by atoms with van der Waals surface area (Å²) in [5, 5.41) is 8.26. The molecule has 0 atom stereocenters. The van der Waals surface area contributed by atoms with Gasteiger partial charge in [-0.25, -0.2) is 13.2 Å². The molecule has 1 aliphatic heterocycles. The third kappa shape index (κ3) is 6.78. The number of sulfonamides is 1. The first-order valence-corrected chi connectivity index (χ1v) is 12.3. The van der Waals surface area contributed by atoms with E-state index in [4.69, 9.17) is 0 Å². The molecule has 4 amide bonds. The van der Waals surface area contributed by atoms with Gasteiger partial charge in [-0.2, -0.15) is 4.31 Å². The Morgan fingerprint density at radius 3 is 2.12 bits per heavy atom. The molecule has 11 heteroatoms. The van der Waals surface area contributed by atoms with Crippen LogP contribution in [0, 0.1) is 0 Å². The molecule has 1 heterocycles. The second kappa shape index (κ2) is 11.1. The largest absolute Gasteiger partial charge is 0.341 e. The molecule has 0 aromatic heterocycles. The van der Waals surface area contributed by atoms with E-state index in [9.17, 15) is 22.8 Å². The molecule has 3 rings (SSSR count). The first kappa shape index (κ1) is 25.2. The van der Waals surface area contributed by atoms with E-state index in [0.717, 1.165) is 4.31 Å². The van der Waals surface area contributed by atoms with Crippen molar-refractivity contribution in [3.05, 3.63) is 54.6 Å². The zero-order valence-electron chi connectivity index (χ0n) is 19.2. The van der Waals surface area contributed by atoms with Crippen LogP contribution in [0.2, 0.25) is 0 Å². The minimum Gasteiger partial charge on any atom is -0.341 e. The van der Waals surface area contributed by atoms with Gasteiger partial charge in [0, 0.05) is 44.5 Å². The van der Waals surface area contributed by atoms with Gasteiger partial charge in [0.2, 0.25) is 21.8 Å². The lowest BCUT2D eigenvalue weighted by Gasteiger charge is -2.33. The van der Waals surface area contributed by atoms with E-state index in [1.54, 1.807) is 17.0 Å². The average molecular weight is 488 g/mol. The van der Waals surface area contributed by atoms with Gasteiger partial charge in [0.25, 0.3) is 0 Å². The number of nitrogens with one attached hydrogen (secondary N) is 3. The smallest absolute Gasteiger partial charge is 0.319 e. The van der Waals surface area contributed by atoms with Gasteiger partial charge in [-0.1, -0.05) is 18.2 Å². The molecule has 0 unspecified atom stereocenters. The zero-order chi connectivity index (χ0) is 24.7. The molecule has 1 aliphatic rings. The number of amides is 4. The van der Waals surface area contributed by atoms with Gasteiger partial charge < -0.3 is 20.9 Å². The third-order valence-corrected chi connectivity index (χ3v) is 7.27. The average Bonchev–Trinajstić information content (AvgIpc) is 2.80. The Hall–Kier alpha value is -3.44. The van der Waals surface area contributed by atoms with Gasteiger partial charge in [0.05, 0.1) is 11.4 Å². The minimum absolute atomic E-state index is 0.0317. The van der Waals surface area contributed by atoms with Crippen molar-refractivity contribution in [3.8, 4) is 0 Å². The first-order valence-electron chi connectivity index (χ1n) is 10.9. The summed E-state index contributed by atoms with van der Waals surface area (Å²) in [4.78, 5) is 37.6. The van der Waals surface area contributed by atoms with Gasteiger partial charge in [-0.05, 0) is 49.2 Å². The molecule has 0 saturated carbocycles. The van der Waals surface area contributed by atoms with Crippen molar-refractivity contribution in [2.24, 2.45) is 0 Å². The van der Waals surface area contributed by atoms with Crippen molar-refractivity contribution in [1.82, 2.24) is 14.5 Å². The highest BCUT2D eigenvalue weighted by Gasteiger charge is 2.28. The number of likely N-dealkylation sites (tertiary alicyclic amines) is 1. The Morgan fingerprint density at radius 2 is 1.53 bits per heavy atom. The summed E-state index contributed by atoms with van der Waals surface area (Å²) in [6.45, 7) is 1.92. The molecular weight excluding hydrogens is 458 g/mol. The SMILES string of the molecule is CC(=O)Nc1ccc(S(=O)(=O)N(C)CC(=O)N2CCC(NC(=O)Nc3ccccc3)CC2)cc1. The van der Waals surface area contributed by atoms with E-state index < -0.39 is 10.0 Å². The maximum Gasteiger partial charge on any atom is 0.319 e. The summed E-state index contributed by atoms with van der Waals surface area (Å²) >= 11 is 0. The fourth-order valence-corrected chi connectivity index (χ4v) is 4.74. The van der Waals surface area contributed by atoms with Gasteiger partial charge in [0.1, 0.15) is 0 Å². The van der Waals surface area contributed by atoms with Crippen LogP contribution in [0.15, 0.2) is 59.5 Å². The number of hydrogen-bond donors (Lipinski definition) is 3. The van der Waals surface area contributed by atoms with Crippen LogP contribution in [0.3, 0.4) is 0 Å². The lowest BCUT2D eigenvalue weighted by molar-refractivity contribution is -0.132. The van der Waals surface area contributed by atoms with Gasteiger partial charge in [0.15, 0.2) is 0 Å². The number of benzene rings is 2. The van der Waals surface area contributed by atoms with E-state index >= 15 is 0 Å². The van der Waals surface area contributed by atoms with Gasteiger partial charge in [-0.3, -0.25) is 9.59 Å². The molecule has 0 radical (unpaired) electrons. The van der Waals surface area contributed by atoms with Crippen LogP contribution >= 0.6 is 0 Å². The Labute approximate surface area is 199 Å². The highest BCUT2D eigenvalue weighted by molar-refractivity contribution is 7.89. The Bertz CT molecular complexity index is 1110. The van der Waals surface area contributed by atoms with E-state index in [2.05, 4.69) is 16.0 Å². The summed E-state index contributed by atoms with van der Waals surface area (Å²) in [6.07, 6.45) is 1.16. The van der Waals surface area contributed by atoms with Crippen LogP contribution in [-0.4, -0.2) is 68.2 Å². The number of piperidine rings is 1. The standard InChI is InChI=1S/C23H29N5O5S/c1-17(29)24-19-8-10-21(11-9-19)34(32,33)27(2)16-22(30)28-14-12-20(13-15-28)26-23(31)25-18-6-4-3-5-7-18/h3-11,20H,12-16H2,1-2H3,(H,24,29)(H2,25,26,31). The molecule has 0 bridgehead atoms. The number of likely N-dealkylation sites (N-methyl/N-ethyl adjacent to an activating group) is 1. The molecular formula is C23H29N5O5S. The Kier molecular flexibility index (Phi) is 8.24. The number of anilines is 2. The van der Waals surface area contributed by atoms with Crippen molar-refractivity contribution in [2.75, 3.05) is 37.3 Å². The summed E-state index contributed by atoms with van der Waals surface area (Å²) in [7, 11) is -2.51. The van der Waals surface area contributed by atoms with Crippen molar-refractivity contribution < 1.29 is 22.8 Å². The summed E-state index contributed by atoms with van der Waals surface area (Å²) in [5.74, 6) is -0.553. The van der Waals surface area contributed by atoms with Crippen molar-refractivity contribution in [2.45, 2.75) is 30.7 Å². The predicted octanol–water partition coefficient (Wildman–Crippen LogP) is 2.08. The number of hydrogen-bond acceptors (Lipinski definition) is 5. The highest BCUT2D eigenvalue weighted by atomic mass is 32.2. The van der Waals surface area contributed by atoms with E-state index in [-0.39, 0.29) is 35.3 Å². The number of urea groups is 1. The molecule has 182 valence electrons. The summed E-state index contributed by atoms with van der Waals surface area (Å²) < 4.78 is 26.7. The number of rotatable bonds is 7. The molecule has 10 nitrogen and oxygen atoms in total. The lowest BCUT2D eigenvalue weighted by Crippen LogP contribution is -2.49. The van der Waals surface area contributed by atoms with Crippen LogP contribution in [0.4, 0.5) is 16.2 Å². The maximum atomic E-state index is 12.8. The highest BCUT2D eigenvalue weighted by Crippen LogP contribution is 2.18. The normalized spacial score (nSPS) is 14.5. The molecule has 0 spiro atoms. The van der Waals surface area contributed by atoms with Crippen LogP contribution in [0.1, 0.15) is 19.8 Å². The number of carbonyl (C=O) groups excluding carboxylic acids is 3. The molecule has 34 heavy (non-hydrogen) atoms. The molecule has 1 saturated heterocycles. The molecule has 2 aromatic carbocycles. The fourth-order valence-electron chi connectivity index (χ4n) is 3.62. The maximum absolute atomic E-state index is 12.8. The first-order chi connectivity index (χ1) is 16.1. The molecule has 2 aromatic rings. The van der Waals surface area contributed by atoms with Crippen LogP contribution in [-0.2, 0) is 19.6 Å². The number of nitrogens with zero attached hydrogens (tertiary/aromatic N) is 2. The van der Waals surface area contributed by atoms with Crippen LogP contribution < -0.4 is 16.0 Å². The van der Waals surface area contributed by atoms with Crippen molar-refractivity contribution in [1.29, 1.82) is 0 Å². The number of carbonyl (C=O) groups is 3. The summed E-state index contributed by atoms with van der Waals surface area (Å²) in [5.41, 5.74) is 1.18. The zero-order valence-corrected chi connectivity index (χ0v) is 20.0. The third-order valence-electron chi connectivity index (χ3n) is 5.46. The molecule has 0 aliphatic carbocycles. The fraction of sp³-hybridized carbons (Fsp3) is 0.348. The van der Waals surface area contributed by atoms with Crippen LogP contribution in [0.5, 0.6) is 0 Å². The van der Waals surface area contributed by atoms with E-state index in [1.165, 1.54) is 38.2 Å². The minimum atomic E-state index is -3.87. The summed E-state index contributed by atoms with van der Waals surface area (Å²) in [6, 6.07) is 14.5. The predicted molar refractivity (Wildman–Crippen MR) is 129 cm³/mol. The quantitative estimate of drug-likeness (QED) is 0.551. The van der Waals surface area contributed by atoms with Crippen molar-refractivity contribution in [3.63, 3.8) is 0 Å². The topological polar surface area (TPSA) is 128 Å². The monoisotopic (exact) mass is 487 g/mol. The Balaban J connectivity index is 1.48. The van der Waals surface area contributed by atoms with Gasteiger partial charge >= 0.3 is 6.03 Å². The second-order valence-corrected chi connectivity index (χ2v) is 10.1. The molecule has 3 N–H and O–H groups in total. The van der Waals surface area contributed by atoms with Gasteiger partial charge in [-0.15, -0.1) is 0 Å². The molecule has 1 fully saturated rings. The van der Waals surface area contributed by atoms with E-state index in [0.29, 0.717) is 37.3 Å². The number of para-hydroxylation sites is 1.